The lowest BCUT2D eigenvalue weighted by Crippen LogP contribution is -2.43. The fourth-order valence-corrected chi connectivity index (χ4v) is 2.77. The van der Waals surface area contributed by atoms with Crippen molar-refractivity contribution in [3.05, 3.63) is 34.2 Å². The van der Waals surface area contributed by atoms with Gasteiger partial charge in [0.25, 0.3) is 5.56 Å². The molecule has 1 aromatic rings. The Morgan fingerprint density at radius 1 is 1.65 bits per heavy atom. The van der Waals surface area contributed by atoms with Gasteiger partial charge in [0.2, 0.25) is 0 Å². The number of hydrogen-bond acceptors (Lipinski definition) is 4. The number of allylic oxidation sites excluding steroid dienone is 1. The largest absolute Gasteiger partial charge is 0.370 e. The molecule has 1 aliphatic rings. The number of halogens is 1. The molecule has 110 valence electrons. The number of rotatable bonds is 5. The molecule has 5 nitrogen and oxygen atoms in total. The van der Waals surface area contributed by atoms with Crippen molar-refractivity contribution in [3.63, 3.8) is 0 Å². The van der Waals surface area contributed by atoms with Crippen molar-refractivity contribution in [3.8, 4) is 0 Å². The summed E-state index contributed by atoms with van der Waals surface area (Å²) < 4.78 is 1.31. The van der Waals surface area contributed by atoms with Gasteiger partial charge in [-0.05, 0) is 19.4 Å². The molecule has 20 heavy (non-hydrogen) atoms. The molecule has 1 N–H and O–H groups in total. The standard InChI is InChI=1S/C14H21ClN4O/c1-3-8-19-14(20)13(15)12(9-17-19)18(2)10-11-6-4-5-7-16-11/h3,9,11,16H,1,4-8,10H2,2H3. The second kappa shape index (κ2) is 6.90. The maximum atomic E-state index is 12.1. The van der Waals surface area contributed by atoms with Gasteiger partial charge in [-0.25, -0.2) is 4.68 Å². The molecule has 6 heteroatoms. The highest BCUT2D eigenvalue weighted by atomic mass is 35.5. The Hall–Kier alpha value is -1.33. The molecule has 0 amide bonds. The topological polar surface area (TPSA) is 50.2 Å². The van der Waals surface area contributed by atoms with E-state index in [0.717, 1.165) is 19.5 Å². The third-order valence-corrected chi connectivity index (χ3v) is 3.94. The Morgan fingerprint density at radius 3 is 3.10 bits per heavy atom. The Kier molecular flexibility index (Phi) is 5.20. The van der Waals surface area contributed by atoms with Gasteiger partial charge in [0.05, 0.1) is 18.4 Å². The van der Waals surface area contributed by atoms with Gasteiger partial charge >= 0.3 is 0 Å². The molecule has 0 bridgehead atoms. The molecule has 0 spiro atoms. The first-order chi connectivity index (χ1) is 9.63. The van der Waals surface area contributed by atoms with E-state index in [1.165, 1.54) is 17.5 Å². The third kappa shape index (κ3) is 3.41. The quantitative estimate of drug-likeness (QED) is 0.840. The second-order valence-electron chi connectivity index (χ2n) is 5.15. The highest BCUT2D eigenvalue weighted by molar-refractivity contribution is 6.33. The zero-order valence-corrected chi connectivity index (χ0v) is 12.6. The molecule has 1 unspecified atom stereocenters. The molecule has 2 heterocycles. The summed E-state index contributed by atoms with van der Waals surface area (Å²) in [4.78, 5) is 14.1. The molecule has 2 rings (SSSR count). The molecule has 1 saturated heterocycles. The first kappa shape index (κ1) is 15.1. The van der Waals surface area contributed by atoms with Gasteiger partial charge in [0.15, 0.2) is 0 Å². The van der Waals surface area contributed by atoms with Crippen molar-refractivity contribution in [2.24, 2.45) is 0 Å². The van der Waals surface area contributed by atoms with E-state index < -0.39 is 0 Å². The van der Waals surface area contributed by atoms with Gasteiger partial charge in [-0.1, -0.05) is 24.1 Å². The van der Waals surface area contributed by atoms with E-state index in [4.69, 9.17) is 11.6 Å². The lowest BCUT2D eigenvalue weighted by atomic mass is 10.0. The van der Waals surface area contributed by atoms with Crippen LogP contribution in [0.5, 0.6) is 0 Å². The zero-order chi connectivity index (χ0) is 14.5. The van der Waals surface area contributed by atoms with E-state index in [1.54, 1.807) is 12.3 Å². The lowest BCUT2D eigenvalue weighted by Gasteiger charge is -2.29. The fraction of sp³-hybridized carbons (Fsp3) is 0.571. The number of nitrogens with one attached hydrogen (secondary N) is 1. The predicted octanol–water partition coefficient (Wildman–Crippen LogP) is 1.66. The summed E-state index contributed by atoms with van der Waals surface area (Å²) in [7, 11) is 1.94. The van der Waals surface area contributed by atoms with E-state index in [1.807, 2.05) is 11.9 Å². The van der Waals surface area contributed by atoms with Gasteiger partial charge in [0, 0.05) is 19.6 Å². The van der Waals surface area contributed by atoms with Crippen molar-refractivity contribution in [2.45, 2.75) is 31.8 Å². The highest BCUT2D eigenvalue weighted by Gasteiger charge is 2.18. The Morgan fingerprint density at radius 2 is 2.45 bits per heavy atom. The van der Waals surface area contributed by atoms with Crippen LogP contribution in [0.15, 0.2) is 23.6 Å². The van der Waals surface area contributed by atoms with Crippen molar-refractivity contribution in [1.29, 1.82) is 0 Å². The summed E-state index contributed by atoms with van der Waals surface area (Å²) in [5, 5.41) is 7.84. The summed E-state index contributed by atoms with van der Waals surface area (Å²) in [6.45, 7) is 5.85. The van der Waals surface area contributed by atoms with Crippen LogP contribution in [0.3, 0.4) is 0 Å². The minimum Gasteiger partial charge on any atom is -0.370 e. The van der Waals surface area contributed by atoms with E-state index in [2.05, 4.69) is 17.0 Å². The van der Waals surface area contributed by atoms with Gasteiger partial charge in [-0.15, -0.1) is 6.58 Å². The van der Waals surface area contributed by atoms with Crippen molar-refractivity contribution in [2.75, 3.05) is 25.0 Å². The molecule has 1 aliphatic heterocycles. The smallest absolute Gasteiger partial charge is 0.287 e. The van der Waals surface area contributed by atoms with Crippen LogP contribution < -0.4 is 15.8 Å². The van der Waals surface area contributed by atoms with Crippen LogP contribution >= 0.6 is 11.6 Å². The van der Waals surface area contributed by atoms with E-state index in [9.17, 15) is 4.79 Å². The molecule has 0 radical (unpaired) electrons. The summed E-state index contributed by atoms with van der Waals surface area (Å²) in [6.07, 6.45) is 6.91. The molecular weight excluding hydrogens is 276 g/mol. The Bertz CT molecular complexity index is 522. The molecule has 1 aromatic heterocycles. The Balaban J connectivity index is 2.13. The highest BCUT2D eigenvalue weighted by Crippen LogP contribution is 2.20. The SMILES string of the molecule is C=CCn1ncc(N(C)CC2CCCCN2)c(Cl)c1=O. The molecule has 0 saturated carbocycles. The maximum Gasteiger partial charge on any atom is 0.287 e. The second-order valence-corrected chi connectivity index (χ2v) is 5.53. The van der Waals surface area contributed by atoms with Crippen LogP contribution in [-0.2, 0) is 6.54 Å². The third-order valence-electron chi connectivity index (χ3n) is 3.59. The number of anilines is 1. The number of aromatic nitrogens is 2. The molecule has 0 aromatic carbocycles. The van der Waals surface area contributed by atoms with Crippen LogP contribution in [0.1, 0.15) is 19.3 Å². The van der Waals surface area contributed by atoms with Crippen molar-refractivity contribution >= 4 is 17.3 Å². The summed E-state index contributed by atoms with van der Waals surface area (Å²) in [5.41, 5.74) is 0.414. The zero-order valence-electron chi connectivity index (χ0n) is 11.8. The van der Waals surface area contributed by atoms with E-state index >= 15 is 0 Å². The number of piperidine rings is 1. The monoisotopic (exact) mass is 296 g/mol. The van der Waals surface area contributed by atoms with E-state index in [-0.39, 0.29) is 10.6 Å². The summed E-state index contributed by atoms with van der Waals surface area (Å²) in [6, 6.07) is 0.445. The maximum absolute atomic E-state index is 12.1. The predicted molar refractivity (Wildman–Crippen MR) is 82.6 cm³/mol. The first-order valence-electron chi connectivity index (χ1n) is 6.94. The minimum atomic E-state index is -0.271. The number of likely N-dealkylation sites (N-methyl/N-ethyl adjacent to an activating group) is 1. The molecule has 0 aliphatic carbocycles. The van der Waals surface area contributed by atoms with Gasteiger partial charge in [-0.3, -0.25) is 4.79 Å². The molecule has 1 fully saturated rings. The lowest BCUT2D eigenvalue weighted by molar-refractivity contribution is 0.403. The normalized spacial score (nSPS) is 18.8. The van der Waals surface area contributed by atoms with Crippen LogP contribution in [0.2, 0.25) is 5.02 Å². The van der Waals surface area contributed by atoms with Gasteiger partial charge < -0.3 is 10.2 Å². The van der Waals surface area contributed by atoms with Crippen LogP contribution in [0, 0.1) is 0 Å². The minimum absolute atomic E-state index is 0.222. The van der Waals surface area contributed by atoms with Crippen LogP contribution in [0.25, 0.3) is 0 Å². The number of hydrogen-bond donors (Lipinski definition) is 1. The first-order valence-corrected chi connectivity index (χ1v) is 7.32. The average Bonchev–Trinajstić information content (AvgIpc) is 2.45. The number of nitrogens with zero attached hydrogens (tertiary/aromatic N) is 3. The van der Waals surface area contributed by atoms with E-state index in [0.29, 0.717) is 18.3 Å². The van der Waals surface area contributed by atoms with Crippen LogP contribution in [-0.4, -0.2) is 36.0 Å². The van der Waals surface area contributed by atoms with Crippen molar-refractivity contribution < 1.29 is 0 Å². The molecular formula is C14H21ClN4O. The summed E-state index contributed by atoms with van der Waals surface area (Å²) in [5.74, 6) is 0. The summed E-state index contributed by atoms with van der Waals surface area (Å²) >= 11 is 6.18. The average molecular weight is 297 g/mol. The fourth-order valence-electron chi connectivity index (χ4n) is 2.48. The van der Waals surface area contributed by atoms with Crippen molar-refractivity contribution in [1.82, 2.24) is 15.1 Å². The Labute approximate surface area is 124 Å². The van der Waals surface area contributed by atoms with Gasteiger partial charge in [0.1, 0.15) is 5.02 Å². The molecule has 1 atom stereocenters. The van der Waals surface area contributed by atoms with Gasteiger partial charge in [-0.2, -0.15) is 5.10 Å². The van der Waals surface area contributed by atoms with Crippen LogP contribution in [0.4, 0.5) is 5.69 Å².